The monoisotopic (exact) mass is 339 g/mol. The van der Waals surface area contributed by atoms with Gasteiger partial charge in [0.05, 0.1) is 22.3 Å². The van der Waals surface area contributed by atoms with Gasteiger partial charge in [-0.1, -0.05) is 30.0 Å². The molecule has 0 spiro atoms. The van der Waals surface area contributed by atoms with Gasteiger partial charge in [0, 0.05) is 19.8 Å². The Balaban J connectivity index is 1.95. The highest BCUT2D eigenvalue weighted by Crippen LogP contribution is 2.19. The van der Waals surface area contributed by atoms with Gasteiger partial charge in [-0.2, -0.15) is 0 Å². The van der Waals surface area contributed by atoms with Crippen LogP contribution >= 0.6 is 11.8 Å². The van der Waals surface area contributed by atoms with Gasteiger partial charge in [0.25, 0.3) is 5.56 Å². The molecule has 0 unspecified atom stereocenters. The van der Waals surface area contributed by atoms with E-state index in [2.05, 4.69) is 11.6 Å². The zero-order valence-electron chi connectivity index (χ0n) is 13.3. The van der Waals surface area contributed by atoms with Crippen LogP contribution in [0.25, 0.3) is 10.9 Å². The largest absolute Gasteiger partial charge is 0.348 e. The van der Waals surface area contributed by atoms with Gasteiger partial charge in [0.1, 0.15) is 0 Å². The Morgan fingerprint density at radius 1 is 1.29 bits per heavy atom. The highest BCUT2D eigenvalue weighted by molar-refractivity contribution is 7.99. The third-order valence-electron chi connectivity index (χ3n) is 3.70. The lowest BCUT2D eigenvalue weighted by Crippen LogP contribution is -2.23. The molecule has 0 radical (unpaired) electrons. The van der Waals surface area contributed by atoms with Crippen molar-refractivity contribution < 1.29 is 4.79 Å². The molecule has 3 aromatic rings. The van der Waals surface area contributed by atoms with Crippen molar-refractivity contribution in [2.24, 2.45) is 7.05 Å². The van der Waals surface area contributed by atoms with Crippen molar-refractivity contribution in [3.8, 4) is 0 Å². The maximum absolute atomic E-state index is 12.6. The Labute approximate surface area is 143 Å². The van der Waals surface area contributed by atoms with E-state index in [0.717, 1.165) is 0 Å². The summed E-state index contributed by atoms with van der Waals surface area (Å²) in [4.78, 5) is 29.5. The molecule has 5 nitrogen and oxygen atoms in total. The van der Waals surface area contributed by atoms with Crippen LogP contribution in [0, 0.1) is 0 Å². The molecule has 0 saturated heterocycles. The minimum absolute atomic E-state index is 0.0000562. The topological polar surface area (TPSA) is 56.9 Å². The first-order chi connectivity index (χ1) is 11.6. The maximum atomic E-state index is 12.6. The van der Waals surface area contributed by atoms with Crippen molar-refractivity contribution in [1.82, 2.24) is 14.1 Å². The summed E-state index contributed by atoms with van der Waals surface area (Å²) in [7, 11) is 1.83. The van der Waals surface area contributed by atoms with Crippen molar-refractivity contribution in [2.75, 3.05) is 5.75 Å². The summed E-state index contributed by atoms with van der Waals surface area (Å²) in [5.74, 6) is 0.222. The molecule has 2 heterocycles. The number of carbonyl (C=O) groups excluding carboxylic acids is 1. The summed E-state index contributed by atoms with van der Waals surface area (Å²) in [5.41, 5.74) is 1.16. The smallest absolute Gasteiger partial charge is 0.262 e. The molecule has 0 bridgehead atoms. The summed E-state index contributed by atoms with van der Waals surface area (Å²) < 4.78 is 3.34. The van der Waals surface area contributed by atoms with Crippen LogP contribution in [0.1, 0.15) is 10.5 Å². The van der Waals surface area contributed by atoms with Gasteiger partial charge < -0.3 is 4.57 Å². The minimum Gasteiger partial charge on any atom is -0.348 e. The molecule has 0 aliphatic rings. The second kappa shape index (κ2) is 6.88. The quantitative estimate of drug-likeness (QED) is 0.300. The molecule has 0 atom stereocenters. The number of aromatic nitrogens is 3. The number of hydrogen-bond acceptors (Lipinski definition) is 4. The number of aryl methyl sites for hydroxylation is 1. The Kier molecular flexibility index (Phi) is 4.66. The van der Waals surface area contributed by atoms with Crippen LogP contribution in [-0.2, 0) is 13.6 Å². The Morgan fingerprint density at radius 3 is 2.79 bits per heavy atom. The fraction of sp³-hybridized carbons (Fsp3) is 0.167. The number of para-hydroxylation sites is 1. The zero-order valence-corrected chi connectivity index (χ0v) is 14.1. The number of thioether (sulfide) groups is 1. The number of benzene rings is 1. The molecule has 0 N–H and O–H groups in total. The van der Waals surface area contributed by atoms with E-state index in [4.69, 9.17) is 0 Å². The molecule has 6 heteroatoms. The number of Topliss-reactive ketones (excluding diaryl/α,β-unsaturated/α-hetero) is 1. The molecular formula is C18H17N3O2S. The highest BCUT2D eigenvalue weighted by Gasteiger charge is 2.14. The molecule has 1 aromatic carbocycles. The molecule has 3 rings (SSSR count). The van der Waals surface area contributed by atoms with Gasteiger partial charge in [0.2, 0.25) is 0 Å². The molecule has 0 aliphatic carbocycles. The standard InChI is InChI=1S/C18H17N3O2S/c1-3-10-21-17(23)13-7-4-5-8-14(13)19-18(21)24-12-16(22)15-9-6-11-20(15)2/h3-9,11H,1,10,12H2,2H3. The maximum Gasteiger partial charge on any atom is 0.262 e. The summed E-state index contributed by atoms with van der Waals surface area (Å²) in [6.07, 6.45) is 3.49. The van der Waals surface area contributed by atoms with Crippen LogP contribution in [0.15, 0.2) is 65.2 Å². The average Bonchev–Trinajstić information content (AvgIpc) is 3.02. The summed E-state index contributed by atoms with van der Waals surface area (Å²) in [6, 6.07) is 10.8. The lowest BCUT2D eigenvalue weighted by molar-refractivity contribution is 0.101. The van der Waals surface area contributed by atoms with Crippen LogP contribution in [0.2, 0.25) is 0 Å². The Hall–Kier alpha value is -2.60. The second-order valence-electron chi connectivity index (χ2n) is 5.33. The van der Waals surface area contributed by atoms with Crippen molar-refractivity contribution in [3.05, 3.63) is 71.3 Å². The molecular weight excluding hydrogens is 322 g/mol. The predicted molar refractivity (Wildman–Crippen MR) is 96.7 cm³/mol. The molecule has 0 fully saturated rings. The summed E-state index contributed by atoms with van der Waals surface area (Å²) in [5, 5.41) is 1.10. The van der Waals surface area contributed by atoms with E-state index < -0.39 is 0 Å². The lowest BCUT2D eigenvalue weighted by Gasteiger charge is -2.11. The van der Waals surface area contributed by atoms with E-state index in [1.54, 1.807) is 33.4 Å². The van der Waals surface area contributed by atoms with Gasteiger partial charge in [0.15, 0.2) is 10.9 Å². The van der Waals surface area contributed by atoms with E-state index in [9.17, 15) is 9.59 Å². The van der Waals surface area contributed by atoms with E-state index in [1.807, 2.05) is 31.4 Å². The van der Waals surface area contributed by atoms with Gasteiger partial charge >= 0.3 is 0 Å². The lowest BCUT2D eigenvalue weighted by atomic mass is 10.2. The number of allylic oxidation sites excluding steroid dienone is 1. The number of fused-ring (bicyclic) bond motifs is 1. The molecule has 2 aromatic heterocycles. The Morgan fingerprint density at radius 2 is 2.08 bits per heavy atom. The minimum atomic E-state index is -0.116. The van der Waals surface area contributed by atoms with Crippen LogP contribution in [0.5, 0.6) is 0 Å². The molecule has 0 aliphatic heterocycles. The van der Waals surface area contributed by atoms with Crippen LogP contribution < -0.4 is 5.56 Å². The third kappa shape index (κ3) is 3.05. The average molecular weight is 339 g/mol. The third-order valence-corrected chi connectivity index (χ3v) is 4.68. The van der Waals surface area contributed by atoms with Crippen molar-refractivity contribution in [2.45, 2.75) is 11.7 Å². The second-order valence-corrected chi connectivity index (χ2v) is 6.27. The van der Waals surface area contributed by atoms with Crippen LogP contribution in [-0.4, -0.2) is 25.7 Å². The van der Waals surface area contributed by atoms with E-state index in [1.165, 1.54) is 11.8 Å². The molecule has 24 heavy (non-hydrogen) atoms. The van der Waals surface area contributed by atoms with Crippen molar-refractivity contribution in [3.63, 3.8) is 0 Å². The predicted octanol–water partition coefficient (Wildman–Crippen LogP) is 2.90. The van der Waals surface area contributed by atoms with E-state index in [-0.39, 0.29) is 17.1 Å². The van der Waals surface area contributed by atoms with Crippen LogP contribution in [0.3, 0.4) is 0 Å². The van der Waals surface area contributed by atoms with Gasteiger partial charge in [-0.15, -0.1) is 6.58 Å². The number of rotatable bonds is 6. The number of ketones is 1. The molecule has 122 valence electrons. The van der Waals surface area contributed by atoms with Gasteiger partial charge in [-0.25, -0.2) is 4.98 Å². The zero-order chi connectivity index (χ0) is 17.1. The first-order valence-electron chi connectivity index (χ1n) is 7.49. The SMILES string of the molecule is C=CCn1c(SCC(=O)c2cccn2C)nc2ccccc2c1=O. The fourth-order valence-corrected chi connectivity index (χ4v) is 3.39. The van der Waals surface area contributed by atoms with E-state index >= 15 is 0 Å². The van der Waals surface area contributed by atoms with Gasteiger partial charge in [-0.3, -0.25) is 14.2 Å². The van der Waals surface area contributed by atoms with E-state index in [0.29, 0.717) is 28.3 Å². The van der Waals surface area contributed by atoms with Gasteiger partial charge in [-0.05, 0) is 24.3 Å². The summed E-state index contributed by atoms with van der Waals surface area (Å²) in [6.45, 7) is 4.06. The number of carbonyl (C=O) groups is 1. The first-order valence-corrected chi connectivity index (χ1v) is 8.48. The molecule has 0 amide bonds. The highest BCUT2D eigenvalue weighted by atomic mass is 32.2. The van der Waals surface area contributed by atoms with Crippen molar-refractivity contribution in [1.29, 1.82) is 0 Å². The Bertz CT molecular complexity index is 972. The van der Waals surface area contributed by atoms with Crippen molar-refractivity contribution >= 4 is 28.4 Å². The van der Waals surface area contributed by atoms with Crippen LogP contribution in [0.4, 0.5) is 0 Å². The number of hydrogen-bond donors (Lipinski definition) is 0. The first kappa shape index (κ1) is 16.3. The summed E-state index contributed by atoms with van der Waals surface area (Å²) >= 11 is 1.27. The molecule has 0 saturated carbocycles. The fourth-order valence-electron chi connectivity index (χ4n) is 2.50. The number of nitrogens with zero attached hydrogens (tertiary/aromatic N) is 3. The normalized spacial score (nSPS) is 10.9.